The molecule has 0 radical (unpaired) electrons. The number of hydrogen-bond acceptors (Lipinski definition) is 4. The fourth-order valence-corrected chi connectivity index (χ4v) is 4.50. The monoisotopic (exact) mass is 370 g/mol. The number of nitrogens with zero attached hydrogens (tertiary/aromatic N) is 3. The lowest BCUT2D eigenvalue weighted by molar-refractivity contribution is 0.129. The first-order valence-corrected chi connectivity index (χ1v) is 9.95. The van der Waals surface area contributed by atoms with Crippen molar-refractivity contribution in [2.75, 3.05) is 0 Å². The number of ether oxygens (including phenoxy) is 1. The lowest BCUT2D eigenvalue weighted by Gasteiger charge is -2.27. The quantitative estimate of drug-likeness (QED) is 0.558. The number of H-pyrrole nitrogens is 1. The average Bonchev–Trinajstić information content (AvgIpc) is 3.27. The molecule has 5 rings (SSSR count). The van der Waals surface area contributed by atoms with Gasteiger partial charge in [-0.3, -0.25) is 5.10 Å². The summed E-state index contributed by atoms with van der Waals surface area (Å²) in [7, 11) is 0. The van der Waals surface area contributed by atoms with E-state index in [9.17, 15) is 0 Å². The maximum Gasteiger partial charge on any atom is 0.140 e. The Morgan fingerprint density at radius 2 is 2.14 bits per heavy atom. The van der Waals surface area contributed by atoms with E-state index in [4.69, 9.17) is 10.00 Å². The number of hydrogen-bond donors (Lipinski definition) is 1. The Balaban J connectivity index is 1.40. The van der Waals surface area contributed by atoms with Crippen molar-refractivity contribution >= 4 is 0 Å². The number of aromatic nitrogens is 3. The van der Waals surface area contributed by atoms with Gasteiger partial charge in [0.05, 0.1) is 17.5 Å². The van der Waals surface area contributed by atoms with Gasteiger partial charge in [0.1, 0.15) is 17.5 Å². The summed E-state index contributed by atoms with van der Waals surface area (Å²) >= 11 is 0. The molecule has 0 bridgehead atoms. The van der Waals surface area contributed by atoms with Gasteiger partial charge in [0.25, 0.3) is 0 Å². The minimum atomic E-state index is 0.336. The predicted molar refractivity (Wildman–Crippen MR) is 107 cm³/mol. The van der Waals surface area contributed by atoms with Crippen LogP contribution in [0.4, 0.5) is 0 Å². The molecule has 2 aliphatic carbocycles. The highest BCUT2D eigenvalue weighted by atomic mass is 16.5. The van der Waals surface area contributed by atoms with E-state index in [-0.39, 0.29) is 0 Å². The van der Waals surface area contributed by atoms with Crippen molar-refractivity contribution in [1.29, 1.82) is 5.26 Å². The van der Waals surface area contributed by atoms with Crippen LogP contribution >= 0.6 is 0 Å². The van der Waals surface area contributed by atoms with E-state index < -0.39 is 0 Å². The third-order valence-electron chi connectivity index (χ3n) is 5.92. The number of pyridine rings is 1. The first kappa shape index (κ1) is 17.0. The van der Waals surface area contributed by atoms with Gasteiger partial charge in [0, 0.05) is 29.3 Å². The van der Waals surface area contributed by atoms with E-state index in [1.54, 1.807) is 12.3 Å². The molecule has 3 aromatic rings. The Hall–Kier alpha value is -3.13. The molecule has 2 heterocycles. The molecule has 1 aromatic carbocycles. The lowest BCUT2D eigenvalue weighted by Crippen LogP contribution is -2.24. The topological polar surface area (TPSA) is 74.6 Å². The molecule has 2 atom stereocenters. The molecule has 1 saturated carbocycles. The summed E-state index contributed by atoms with van der Waals surface area (Å²) in [6, 6.07) is 12.1. The van der Waals surface area contributed by atoms with Gasteiger partial charge < -0.3 is 4.74 Å². The zero-order chi connectivity index (χ0) is 19.1. The molecule has 0 aliphatic heterocycles. The molecule has 0 spiro atoms. The molecule has 140 valence electrons. The van der Waals surface area contributed by atoms with E-state index in [1.165, 1.54) is 29.5 Å². The SMILES string of the molecule is CC1CCCC(Oc2ccc3c(c2)Cc2c(-c4ccc(C#N)nc4)n[nH]c2-3)C1. The van der Waals surface area contributed by atoms with Crippen LogP contribution in [0.25, 0.3) is 22.5 Å². The number of benzene rings is 1. The summed E-state index contributed by atoms with van der Waals surface area (Å²) in [5, 5.41) is 16.6. The van der Waals surface area contributed by atoms with Crippen LogP contribution in [-0.2, 0) is 6.42 Å². The molecule has 2 aromatic heterocycles. The van der Waals surface area contributed by atoms with Crippen LogP contribution in [0.15, 0.2) is 36.5 Å². The first-order valence-electron chi connectivity index (χ1n) is 9.95. The van der Waals surface area contributed by atoms with Crippen LogP contribution < -0.4 is 4.74 Å². The van der Waals surface area contributed by atoms with Crippen LogP contribution in [0.5, 0.6) is 5.75 Å². The highest BCUT2D eigenvalue weighted by molar-refractivity contribution is 5.81. The number of rotatable bonds is 3. The third-order valence-corrected chi connectivity index (χ3v) is 5.92. The zero-order valence-corrected chi connectivity index (χ0v) is 15.9. The first-order chi connectivity index (χ1) is 13.7. The maximum absolute atomic E-state index is 8.94. The molecular weight excluding hydrogens is 348 g/mol. The third kappa shape index (κ3) is 2.95. The molecule has 28 heavy (non-hydrogen) atoms. The molecule has 5 heteroatoms. The summed E-state index contributed by atoms with van der Waals surface area (Å²) < 4.78 is 6.30. The zero-order valence-electron chi connectivity index (χ0n) is 15.9. The molecule has 1 fully saturated rings. The van der Waals surface area contributed by atoms with Crippen molar-refractivity contribution in [2.24, 2.45) is 5.92 Å². The molecule has 5 nitrogen and oxygen atoms in total. The van der Waals surface area contributed by atoms with E-state index in [0.29, 0.717) is 11.8 Å². The van der Waals surface area contributed by atoms with Crippen LogP contribution in [-0.4, -0.2) is 21.3 Å². The normalized spacial score (nSPS) is 20.3. The van der Waals surface area contributed by atoms with Crippen molar-refractivity contribution < 1.29 is 4.74 Å². The smallest absolute Gasteiger partial charge is 0.140 e. The van der Waals surface area contributed by atoms with Gasteiger partial charge in [-0.15, -0.1) is 0 Å². The maximum atomic E-state index is 8.94. The van der Waals surface area contributed by atoms with E-state index in [0.717, 1.165) is 47.9 Å². The van der Waals surface area contributed by atoms with Crippen molar-refractivity contribution in [3.8, 4) is 34.3 Å². The van der Waals surface area contributed by atoms with Gasteiger partial charge >= 0.3 is 0 Å². The fourth-order valence-electron chi connectivity index (χ4n) is 4.50. The van der Waals surface area contributed by atoms with Gasteiger partial charge in [0.2, 0.25) is 0 Å². The summed E-state index contributed by atoms with van der Waals surface area (Å²) in [6.07, 6.45) is 7.76. The lowest BCUT2D eigenvalue weighted by atomic mass is 9.89. The number of fused-ring (bicyclic) bond motifs is 3. The molecule has 2 aliphatic rings. The fraction of sp³-hybridized carbons (Fsp3) is 0.348. The number of nitriles is 1. The molecular formula is C23H22N4O. The summed E-state index contributed by atoms with van der Waals surface area (Å²) in [5.74, 6) is 1.72. The predicted octanol–water partition coefficient (Wildman–Crippen LogP) is 4.87. The molecule has 2 unspecified atom stereocenters. The second kappa shape index (κ2) is 6.79. The minimum Gasteiger partial charge on any atom is -0.490 e. The Labute approximate surface area is 164 Å². The van der Waals surface area contributed by atoms with Crippen molar-refractivity contribution in [1.82, 2.24) is 15.2 Å². The molecule has 0 saturated heterocycles. The number of aromatic amines is 1. The summed E-state index contributed by atoms with van der Waals surface area (Å²) in [6.45, 7) is 2.32. The van der Waals surface area contributed by atoms with Gasteiger partial charge in [-0.05, 0) is 61.1 Å². The van der Waals surface area contributed by atoms with E-state index >= 15 is 0 Å². The second-order valence-electron chi connectivity index (χ2n) is 7.98. The van der Waals surface area contributed by atoms with Gasteiger partial charge in [0.15, 0.2) is 0 Å². The van der Waals surface area contributed by atoms with Crippen molar-refractivity contribution in [2.45, 2.75) is 45.1 Å². The second-order valence-corrected chi connectivity index (χ2v) is 7.98. The number of nitrogens with one attached hydrogen (secondary N) is 1. The Kier molecular flexibility index (Phi) is 4.12. The largest absolute Gasteiger partial charge is 0.490 e. The molecule has 1 N–H and O–H groups in total. The Morgan fingerprint density at radius 1 is 1.21 bits per heavy atom. The summed E-state index contributed by atoms with van der Waals surface area (Å²) in [5.41, 5.74) is 6.98. The van der Waals surface area contributed by atoms with Crippen LogP contribution in [0.1, 0.15) is 49.4 Å². The van der Waals surface area contributed by atoms with Crippen LogP contribution in [0.2, 0.25) is 0 Å². The van der Waals surface area contributed by atoms with Crippen LogP contribution in [0.3, 0.4) is 0 Å². The Morgan fingerprint density at radius 3 is 2.93 bits per heavy atom. The van der Waals surface area contributed by atoms with Gasteiger partial charge in [-0.2, -0.15) is 10.4 Å². The summed E-state index contributed by atoms with van der Waals surface area (Å²) in [4.78, 5) is 4.18. The molecule has 0 amide bonds. The van der Waals surface area contributed by atoms with E-state index in [1.807, 2.05) is 6.07 Å². The highest BCUT2D eigenvalue weighted by Crippen LogP contribution is 2.41. The average molecular weight is 370 g/mol. The minimum absolute atomic E-state index is 0.336. The Bertz CT molecular complexity index is 1060. The van der Waals surface area contributed by atoms with Crippen molar-refractivity contribution in [3.63, 3.8) is 0 Å². The van der Waals surface area contributed by atoms with Crippen molar-refractivity contribution in [3.05, 3.63) is 53.3 Å². The van der Waals surface area contributed by atoms with Gasteiger partial charge in [-0.25, -0.2) is 4.98 Å². The van der Waals surface area contributed by atoms with Gasteiger partial charge in [-0.1, -0.05) is 13.3 Å². The standard InChI is InChI=1S/C23H22N4O/c1-14-3-2-4-18(9-14)28-19-7-8-20-16(10-19)11-21-22(26-27-23(20)21)15-5-6-17(12-24)25-13-15/h5-8,10,13-14,18H,2-4,9,11H2,1H3,(H,26,27). The highest BCUT2D eigenvalue weighted by Gasteiger charge is 2.26. The van der Waals surface area contributed by atoms with E-state index in [2.05, 4.69) is 46.4 Å². The van der Waals surface area contributed by atoms with Crippen LogP contribution in [0, 0.1) is 17.2 Å².